The summed E-state index contributed by atoms with van der Waals surface area (Å²) in [7, 11) is 3.09. The number of anilines is 1. The van der Waals surface area contributed by atoms with Gasteiger partial charge in [-0.15, -0.1) is 10.2 Å². The third-order valence-corrected chi connectivity index (χ3v) is 4.37. The maximum absolute atomic E-state index is 12.4. The number of nitrogens with one attached hydrogen (secondary N) is 1. The van der Waals surface area contributed by atoms with E-state index in [1.165, 1.54) is 6.33 Å². The Kier molecular flexibility index (Phi) is 6.08. The predicted molar refractivity (Wildman–Crippen MR) is 92.7 cm³/mol. The number of rotatable bonds is 7. The molecule has 3 rings (SSSR count). The van der Waals surface area contributed by atoms with E-state index in [0.717, 1.165) is 25.2 Å². The molecule has 1 N–H and O–H groups in total. The Labute approximate surface area is 151 Å². The van der Waals surface area contributed by atoms with Gasteiger partial charge in [-0.25, -0.2) is 9.67 Å². The maximum atomic E-state index is 12.4. The first-order valence-electron chi connectivity index (χ1n) is 8.48. The van der Waals surface area contributed by atoms with Crippen LogP contribution in [0, 0.1) is 5.92 Å². The Balaban J connectivity index is 1.58. The summed E-state index contributed by atoms with van der Waals surface area (Å²) >= 11 is 0. The fourth-order valence-corrected chi connectivity index (χ4v) is 2.93. The van der Waals surface area contributed by atoms with Crippen LogP contribution >= 0.6 is 0 Å². The quantitative estimate of drug-likeness (QED) is 0.687. The molecule has 2 aromatic heterocycles. The van der Waals surface area contributed by atoms with Crippen LogP contribution in [0.25, 0.3) is 5.82 Å². The van der Waals surface area contributed by atoms with Crippen molar-refractivity contribution in [3.8, 4) is 5.82 Å². The Bertz CT molecular complexity index is 688. The zero-order valence-corrected chi connectivity index (χ0v) is 14.9. The minimum absolute atomic E-state index is 0.000921. The fourth-order valence-electron chi connectivity index (χ4n) is 2.93. The van der Waals surface area contributed by atoms with Gasteiger partial charge in [0.2, 0.25) is 5.91 Å². The first-order valence-corrected chi connectivity index (χ1v) is 8.48. The molecular formula is C16H23N7O3. The second-order valence-corrected chi connectivity index (χ2v) is 6.02. The minimum Gasteiger partial charge on any atom is -0.354 e. The van der Waals surface area contributed by atoms with Crippen LogP contribution in [-0.2, 0) is 14.3 Å². The van der Waals surface area contributed by atoms with Gasteiger partial charge in [-0.1, -0.05) is 0 Å². The molecular weight excluding hydrogens is 338 g/mol. The molecule has 1 fully saturated rings. The lowest BCUT2D eigenvalue weighted by Crippen LogP contribution is -2.45. The van der Waals surface area contributed by atoms with Crippen molar-refractivity contribution in [2.24, 2.45) is 5.92 Å². The van der Waals surface area contributed by atoms with E-state index in [4.69, 9.17) is 9.47 Å². The monoisotopic (exact) mass is 361 g/mol. The van der Waals surface area contributed by atoms with E-state index >= 15 is 0 Å². The van der Waals surface area contributed by atoms with Crippen LogP contribution in [0.5, 0.6) is 0 Å². The van der Waals surface area contributed by atoms with E-state index in [1.807, 2.05) is 12.1 Å². The molecule has 0 saturated carbocycles. The highest BCUT2D eigenvalue weighted by molar-refractivity contribution is 5.79. The first kappa shape index (κ1) is 18.2. The fraction of sp³-hybridized carbons (Fsp3) is 0.562. The Morgan fingerprint density at radius 1 is 1.31 bits per heavy atom. The largest absolute Gasteiger partial charge is 0.354 e. The van der Waals surface area contributed by atoms with E-state index < -0.39 is 6.29 Å². The molecule has 1 saturated heterocycles. The van der Waals surface area contributed by atoms with E-state index in [1.54, 1.807) is 25.2 Å². The number of hydrogen-bond acceptors (Lipinski definition) is 8. The Morgan fingerprint density at radius 3 is 2.73 bits per heavy atom. The second-order valence-electron chi connectivity index (χ2n) is 6.02. The number of hydrogen-bond donors (Lipinski definition) is 1. The van der Waals surface area contributed by atoms with E-state index in [0.29, 0.717) is 18.9 Å². The third kappa shape index (κ3) is 4.33. The number of amides is 1. The molecule has 0 aromatic carbocycles. The molecule has 3 heterocycles. The Morgan fingerprint density at radius 2 is 2.08 bits per heavy atom. The van der Waals surface area contributed by atoms with Crippen LogP contribution in [-0.4, -0.2) is 71.0 Å². The summed E-state index contributed by atoms with van der Waals surface area (Å²) in [5, 5.41) is 15.4. The minimum atomic E-state index is -0.436. The van der Waals surface area contributed by atoms with Crippen molar-refractivity contribution in [1.82, 2.24) is 30.3 Å². The number of carbonyl (C=O) groups is 1. The standard InChI is InChI=1S/C16H23N7O3/c1-25-15(26-2)8-18-16(24)12-4-3-7-22(9-12)13-5-6-14(21-20-13)23-11-17-10-19-23/h5-6,10-12,15H,3-4,7-9H2,1-2H3,(H,18,24). The highest BCUT2D eigenvalue weighted by Gasteiger charge is 2.27. The van der Waals surface area contributed by atoms with Crippen molar-refractivity contribution < 1.29 is 14.3 Å². The van der Waals surface area contributed by atoms with Gasteiger partial charge in [0, 0.05) is 27.3 Å². The number of nitrogens with zero attached hydrogens (tertiary/aromatic N) is 6. The number of carbonyl (C=O) groups excluding carboxylic acids is 1. The van der Waals surface area contributed by atoms with E-state index in [-0.39, 0.29) is 11.8 Å². The van der Waals surface area contributed by atoms with Crippen molar-refractivity contribution in [2.75, 3.05) is 38.8 Å². The van der Waals surface area contributed by atoms with E-state index in [9.17, 15) is 4.79 Å². The lowest BCUT2D eigenvalue weighted by Gasteiger charge is -2.32. The van der Waals surface area contributed by atoms with Gasteiger partial charge in [0.25, 0.3) is 0 Å². The molecule has 0 bridgehead atoms. The summed E-state index contributed by atoms with van der Waals surface area (Å²) in [6.07, 6.45) is 4.34. The SMILES string of the molecule is COC(CNC(=O)C1CCCN(c2ccc(-n3cncn3)nn2)C1)OC. The third-order valence-electron chi connectivity index (χ3n) is 4.37. The van der Waals surface area contributed by atoms with Crippen LogP contribution in [0.3, 0.4) is 0 Å². The molecule has 0 spiro atoms. The molecule has 10 heteroatoms. The maximum Gasteiger partial charge on any atom is 0.225 e. The average Bonchev–Trinajstić information content (AvgIpc) is 3.24. The molecule has 1 atom stereocenters. The van der Waals surface area contributed by atoms with Crippen molar-refractivity contribution in [3.05, 3.63) is 24.8 Å². The lowest BCUT2D eigenvalue weighted by molar-refractivity contribution is -0.131. The number of piperidine rings is 1. The molecule has 26 heavy (non-hydrogen) atoms. The number of aromatic nitrogens is 5. The van der Waals surface area contributed by atoms with Gasteiger partial charge in [0.1, 0.15) is 12.7 Å². The van der Waals surface area contributed by atoms with E-state index in [2.05, 4.69) is 30.5 Å². The van der Waals surface area contributed by atoms with Gasteiger partial charge in [-0.3, -0.25) is 4.79 Å². The molecule has 0 radical (unpaired) electrons. The molecule has 2 aromatic rings. The summed E-state index contributed by atoms with van der Waals surface area (Å²) < 4.78 is 11.7. The van der Waals surface area contributed by atoms with Gasteiger partial charge in [0.15, 0.2) is 17.9 Å². The van der Waals surface area contributed by atoms with Crippen LogP contribution in [0.2, 0.25) is 0 Å². The topological polar surface area (TPSA) is 107 Å². The zero-order chi connectivity index (χ0) is 18.4. The summed E-state index contributed by atoms with van der Waals surface area (Å²) in [4.78, 5) is 18.4. The highest BCUT2D eigenvalue weighted by Crippen LogP contribution is 2.21. The normalized spacial score (nSPS) is 17.5. The van der Waals surface area contributed by atoms with Gasteiger partial charge in [-0.2, -0.15) is 5.10 Å². The smallest absolute Gasteiger partial charge is 0.225 e. The van der Waals surface area contributed by atoms with Gasteiger partial charge >= 0.3 is 0 Å². The zero-order valence-electron chi connectivity index (χ0n) is 14.9. The summed E-state index contributed by atoms with van der Waals surface area (Å²) in [5.74, 6) is 1.25. The molecule has 1 unspecified atom stereocenters. The lowest BCUT2D eigenvalue weighted by atomic mass is 9.97. The van der Waals surface area contributed by atoms with Crippen molar-refractivity contribution in [3.63, 3.8) is 0 Å². The molecule has 10 nitrogen and oxygen atoms in total. The predicted octanol–water partition coefficient (Wildman–Crippen LogP) is 0.00880. The van der Waals surface area contributed by atoms with Crippen LogP contribution < -0.4 is 10.2 Å². The van der Waals surface area contributed by atoms with Crippen LogP contribution in [0.15, 0.2) is 24.8 Å². The van der Waals surface area contributed by atoms with Crippen LogP contribution in [0.1, 0.15) is 12.8 Å². The van der Waals surface area contributed by atoms with Crippen molar-refractivity contribution in [1.29, 1.82) is 0 Å². The van der Waals surface area contributed by atoms with Gasteiger partial charge < -0.3 is 19.7 Å². The van der Waals surface area contributed by atoms with Crippen LogP contribution in [0.4, 0.5) is 5.82 Å². The molecule has 1 amide bonds. The molecule has 1 aliphatic heterocycles. The first-order chi connectivity index (χ1) is 12.7. The van der Waals surface area contributed by atoms with Gasteiger partial charge in [-0.05, 0) is 25.0 Å². The highest BCUT2D eigenvalue weighted by atomic mass is 16.7. The van der Waals surface area contributed by atoms with Crippen molar-refractivity contribution in [2.45, 2.75) is 19.1 Å². The number of ether oxygens (including phenoxy) is 2. The van der Waals surface area contributed by atoms with Crippen molar-refractivity contribution >= 4 is 11.7 Å². The second kappa shape index (κ2) is 8.68. The summed E-state index contributed by atoms with van der Waals surface area (Å²) in [6.45, 7) is 1.78. The molecule has 0 aliphatic carbocycles. The number of methoxy groups -OCH3 is 2. The molecule has 1 aliphatic rings. The Hall–Kier alpha value is -2.59. The summed E-state index contributed by atoms with van der Waals surface area (Å²) in [5.41, 5.74) is 0. The average molecular weight is 361 g/mol. The van der Waals surface area contributed by atoms with Gasteiger partial charge in [0.05, 0.1) is 12.5 Å². The summed E-state index contributed by atoms with van der Waals surface area (Å²) in [6, 6.07) is 3.72. The molecule has 140 valence electrons.